The van der Waals surface area contributed by atoms with Crippen molar-refractivity contribution in [2.24, 2.45) is 0 Å². The summed E-state index contributed by atoms with van der Waals surface area (Å²) in [4.78, 5) is 26.8. The van der Waals surface area contributed by atoms with Gasteiger partial charge in [-0.05, 0) is 6.92 Å². The van der Waals surface area contributed by atoms with E-state index in [0.29, 0.717) is 32.7 Å². The quantitative estimate of drug-likeness (QED) is 0.711. The lowest BCUT2D eigenvalue weighted by molar-refractivity contribution is -0.121. The molecule has 1 rings (SSSR count). The highest BCUT2D eigenvalue weighted by Gasteiger charge is 2.21. The van der Waals surface area contributed by atoms with Crippen LogP contribution >= 0.6 is 0 Å². The summed E-state index contributed by atoms with van der Waals surface area (Å²) < 4.78 is 4.95. The minimum Gasteiger partial charge on any atom is -0.450 e. The van der Waals surface area contributed by atoms with Crippen LogP contribution in [0.1, 0.15) is 13.3 Å². The van der Waals surface area contributed by atoms with Crippen LogP contribution in [0.5, 0.6) is 0 Å². The lowest BCUT2D eigenvalue weighted by Crippen LogP contribution is -2.49. The molecule has 0 radical (unpaired) electrons. The Bertz CT molecular complexity index is 312. The van der Waals surface area contributed by atoms with Gasteiger partial charge in [-0.25, -0.2) is 4.79 Å². The molecular weight excluding hydrogens is 246 g/mol. The van der Waals surface area contributed by atoms with E-state index < -0.39 is 0 Å². The third kappa shape index (κ3) is 5.74. The van der Waals surface area contributed by atoms with E-state index in [2.05, 4.69) is 16.8 Å². The minimum absolute atomic E-state index is 0.0349. The van der Waals surface area contributed by atoms with E-state index in [1.54, 1.807) is 17.9 Å². The van der Waals surface area contributed by atoms with Crippen molar-refractivity contribution in [1.82, 2.24) is 15.1 Å². The predicted molar refractivity (Wildman–Crippen MR) is 72.9 cm³/mol. The molecule has 19 heavy (non-hydrogen) atoms. The lowest BCUT2D eigenvalue weighted by Gasteiger charge is -2.33. The first-order chi connectivity index (χ1) is 9.17. The Balaban J connectivity index is 2.17. The number of hydrogen-bond donors (Lipinski definition) is 1. The number of nitrogens with zero attached hydrogens (tertiary/aromatic N) is 2. The number of carbonyl (C=O) groups excluding carboxylic acids is 2. The Morgan fingerprint density at radius 2 is 2.00 bits per heavy atom. The van der Waals surface area contributed by atoms with Gasteiger partial charge < -0.3 is 15.0 Å². The van der Waals surface area contributed by atoms with Gasteiger partial charge in [0.1, 0.15) is 0 Å². The summed E-state index contributed by atoms with van der Waals surface area (Å²) in [5.41, 5.74) is 0. The molecule has 0 spiro atoms. The molecule has 6 nitrogen and oxygen atoms in total. The zero-order valence-corrected chi connectivity index (χ0v) is 11.6. The van der Waals surface area contributed by atoms with Gasteiger partial charge in [0, 0.05) is 45.7 Å². The number of ether oxygens (including phenoxy) is 1. The summed E-state index contributed by atoms with van der Waals surface area (Å²) in [6, 6.07) is 0. The van der Waals surface area contributed by atoms with Crippen molar-refractivity contribution in [2.45, 2.75) is 13.3 Å². The van der Waals surface area contributed by atoms with Crippen LogP contribution < -0.4 is 5.32 Å². The van der Waals surface area contributed by atoms with Crippen molar-refractivity contribution in [1.29, 1.82) is 0 Å². The molecule has 0 bridgehead atoms. The first-order valence-electron chi connectivity index (χ1n) is 6.69. The zero-order valence-electron chi connectivity index (χ0n) is 11.6. The van der Waals surface area contributed by atoms with Crippen LogP contribution in [0.2, 0.25) is 0 Å². The standard InChI is InChI=1S/C13H23N3O3/c1-3-6-14-12(17)5-7-15-8-10-16(11-9-15)13(18)19-4-2/h3H,1,4-11H2,2H3,(H,14,17). The van der Waals surface area contributed by atoms with Crippen LogP contribution in [0, 0.1) is 0 Å². The van der Waals surface area contributed by atoms with Gasteiger partial charge in [-0.1, -0.05) is 6.08 Å². The average Bonchev–Trinajstić information content (AvgIpc) is 2.43. The molecule has 1 heterocycles. The Labute approximate surface area is 114 Å². The number of carbonyl (C=O) groups is 2. The lowest BCUT2D eigenvalue weighted by atomic mass is 10.3. The van der Waals surface area contributed by atoms with Gasteiger partial charge in [0.2, 0.25) is 5.91 Å². The number of hydrogen-bond acceptors (Lipinski definition) is 4. The second-order valence-corrected chi connectivity index (χ2v) is 4.37. The molecular formula is C13H23N3O3. The van der Waals surface area contributed by atoms with Crippen LogP contribution in [0.3, 0.4) is 0 Å². The van der Waals surface area contributed by atoms with E-state index in [-0.39, 0.29) is 12.0 Å². The first-order valence-corrected chi connectivity index (χ1v) is 6.69. The molecule has 0 aromatic rings. The Hall–Kier alpha value is -1.56. The summed E-state index contributed by atoms with van der Waals surface area (Å²) in [6.07, 6.45) is 1.90. The molecule has 1 fully saturated rings. The van der Waals surface area contributed by atoms with E-state index in [1.165, 1.54) is 0 Å². The second kappa shape index (κ2) is 8.53. The molecule has 108 valence electrons. The van der Waals surface area contributed by atoms with E-state index in [9.17, 15) is 9.59 Å². The first kappa shape index (κ1) is 15.5. The monoisotopic (exact) mass is 269 g/mol. The molecule has 1 aliphatic rings. The highest BCUT2D eigenvalue weighted by molar-refractivity contribution is 5.76. The van der Waals surface area contributed by atoms with Gasteiger partial charge >= 0.3 is 6.09 Å². The van der Waals surface area contributed by atoms with Crippen molar-refractivity contribution in [3.8, 4) is 0 Å². The van der Waals surface area contributed by atoms with Crippen molar-refractivity contribution in [3.63, 3.8) is 0 Å². The van der Waals surface area contributed by atoms with E-state index in [4.69, 9.17) is 4.74 Å². The van der Waals surface area contributed by atoms with Crippen molar-refractivity contribution in [3.05, 3.63) is 12.7 Å². The average molecular weight is 269 g/mol. The van der Waals surface area contributed by atoms with Crippen LogP contribution in [-0.2, 0) is 9.53 Å². The van der Waals surface area contributed by atoms with E-state index in [0.717, 1.165) is 19.6 Å². The molecule has 1 N–H and O–H groups in total. The fourth-order valence-corrected chi connectivity index (χ4v) is 1.90. The highest BCUT2D eigenvalue weighted by Crippen LogP contribution is 2.04. The van der Waals surface area contributed by atoms with Crippen LogP contribution in [0.15, 0.2) is 12.7 Å². The molecule has 0 atom stereocenters. The third-order valence-corrected chi connectivity index (χ3v) is 3.00. The number of nitrogens with one attached hydrogen (secondary N) is 1. The van der Waals surface area contributed by atoms with Gasteiger partial charge in [-0.15, -0.1) is 6.58 Å². The van der Waals surface area contributed by atoms with Crippen LogP contribution in [0.25, 0.3) is 0 Å². The predicted octanol–water partition coefficient (Wildman–Crippen LogP) is 0.453. The molecule has 1 saturated heterocycles. The van der Waals surface area contributed by atoms with E-state index >= 15 is 0 Å². The Morgan fingerprint density at radius 1 is 1.32 bits per heavy atom. The zero-order chi connectivity index (χ0) is 14.1. The smallest absolute Gasteiger partial charge is 0.409 e. The summed E-state index contributed by atoms with van der Waals surface area (Å²) in [6.45, 7) is 9.88. The van der Waals surface area contributed by atoms with Crippen molar-refractivity contribution in [2.75, 3.05) is 45.9 Å². The summed E-state index contributed by atoms with van der Waals surface area (Å²) in [7, 11) is 0. The van der Waals surface area contributed by atoms with Gasteiger partial charge in [0.15, 0.2) is 0 Å². The van der Waals surface area contributed by atoms with Crippen molar-refractivity contribution < 1.29 is 14.3 Å². The fourth-order valence-electron chi connectivity index (χ4n) is 1.90. The molecule has 0 aromatic heterocycles. The molecule has 0 aromatic carbocycles. The van der Waals surface area contributed by atoms with Gasteiger partial charge in [0.25, 0.3) is 0 Å². The summed E-state index contributed by atoms with van der Waals surface area (Å²) in [5, 5.41) is 2.75. The van der Waals surface area contributed by atoms with Gasteiger partial charge in [-0.3, -0.25) is 9.69 Å². The molecule has 6 heteroatoms. The maximum absolute atomic E-state index is 11.5. The maximum atomic E-state index is 11.5. The van der Waals surface area contributed by atoms with Crippen LogP contribution in [0.4, 0.5) is 4.79 Å². The minimum atomic E-state index is -0.245. The molecule has 2 amide bonds. The largest absolute Gasteiger partial charge is 0.450 e. The topological polar surface area (TPSA) is 61.9 Å². The summed E-state index contributed by atoms with van der Waals surface area (Å²) >= 11 is 0. The van der Waals surface area contributed by atoms with Crippen LogP contribution in [-0.4, -0.2) is 67.7 Å². The van der Waals surface area contributed by atoms with Gasteiger partial charge in [-0.2, -0.15) is 0 Å². The second-order valence-electron chi connectivity index (χ2n) is 4.37. The molecule has 0 saturated carbocycles. The maximum Gasteiger partial charge on any atom is 0.409 e. The highest BCUT2D eigenvalue weighted by atomic mass is 16.6. The fraction of sp³-hybridized carbons (Fsp3) is 0.692. The summed E-state index contributed by atoms with van der Waals surface area (Å²) in [5.74, 6) is 0.0349. The molecule has 0 unspecified atom stereocenters. The number of amides is 2. The normalized spacial score (nSPS) is 15.9. The third-order valence-electron chi connectivity index (χ3n) is 3.00. The Kier molecular flexibility index (Phi) is 6.95. The number of piperazine rings is 1. The Morgan fingerprint density at radius 3 is 2.58 bits per heavy atom. The SMILES string of the molecule is C=CCNC(=O)CCN1CCN(C(=O)OCC)CC1. The van der Waals surface area contributed by atoms with Gasteiger partial charge in [0.05, 0.1) is 6.61 Å². The van der Waals surface area contributed by atoms with E-state index in [1.807, 2.05) is 0 Å². The molecule has 1 aliphatic heterocycles. The molecule has 0 aliphatic carbocycles. The van der Waals surface area contributed by atoms with Crippen molar-refractivity contribution >= 4 is 12.0 Å². The number of rotatable bonds is 6.